The van der Waals surface area contributed by atoms with Gasteiger partial charge in [-0.25, -0.2) is 14.8 Å². The molecule has 1 saturated heterocycles. The van der Waals surface area contributed by atoms with Gasteiger partial charge in [0, 0.05) is 26.2 Å². The second kappa shape index (κ2) is 6.46. The van der Waals surface area contributed by atoms with Gasteiger partial charge in [-0.3, -0.25) is 0 Å². The van der Waals surface area contributed by atoms with Gasteiger partial charge in [0.15, 0.2) is 11.0 Å². The molecule has 0 radical (unpaired) electrons. The standard InChI is InChI=1S/C14H20Cl2N4O2/c1-9-17-11(16)10(15)12(18-9)19-5-7-20(8-6-19)13(21)22-14(2,3)4/h5-8H2,1-4H3. The second-order valence-corrected chi connectivity index (χ2v) is 6.89. The van der Waals surface area contributed by atoms with Crippen LogP contribution in [0.3, 0.4) is 0 Å². The summed E-state index contributed by atoms with van der Waals surface area (Å²) in [5.41, 5.74) is -0.491. The minimum absolute atomic E-state index is 0.249. The number of aromatic nitrogens is 2. The topological polar surface area (TPSA) is 58.6 Å². The van der Waals surface area contributed by atoms with Crippen LogP contribution >= 0.6 is 23.2 Å². The van der Waals surface area contributed by atoms with Crippen LogP contribution in [0.15, 0.2) is 0 Å². The van der Waals surface area contributed by atoms with E-state index < -0.39 is 5.60 Å². The van der Waals surface area contributed by atoms with E-state index in [-0.39, 0.29) is 11.2 Å². The number of hydrogen-bond donors (Lipinski definition) is 0. The third-order valence-corrected chi connectivity index (χ3v) is 3.85. The van der Waals surface area contributed by atoms with E-state index in [1.165, 1.54) is 0 Å². The Kier molecular flexibility index (Phi) is 5.02. The van der Waals surface area contributed by atoms with Crippen molar-refractivity contribution in [3.63, 3.8) is 0 Å². The Morgan fingerprint density at radius 3 is 2.27 bits per heavy atom. The Bertz CT molecular complexity index is 567. The number of hydrogen-bond acceptors (Lipinski definition) is 5. The lowest BCUT2D eigenvalue weighted by atomic mass is 10.2. The Labute approximate surface area is 140 Å². The minimum Gasteiger partial charge on any atom is -0.444 e. The van der Waals surface area contributed by atoms with E-state index in [4.69, 9.17) is 27.9 Å². The maximum Gasteiger partial charge on any atom is 0.410 e. The highest BCUT2D eigenvalue weighted by molar-refractivity contribution is 6.42. The van der Waals surface area contributed by atoms with Gasteiger partial charge >= 0.3 is 6.09 Å². The molecule has 0 spiro atoms. The minimum atomic E-state index is -0.491. The number of halogens is 2. The lowest BCUT2D eigenvalue weighted by Crippen LogP contribution is -2.50. The fourth-order valence-electron chi connectivity index (χ4n) is 2.15. The lowest BCUT2D eigenvalue weighted by Gasteiger charge is -2.36. The average molecular weight is 347 g/mol. The summed E-state index contributed by atoms with van der Waals surface area (Å²) >= 11 is 12.2. The fraction of sp³-hybridized carbons (Fsp3) is 0.643. The lowest BCUT2D eigenvalue weighted by molar-refractivity contribution is 0.0240. The van der Waals surface area contributed by atoms with Gasteiger partial charge in [0.2, 0.25) is 0 Å². The molecule has 1 aliphatic heterocycles. The highest BCUT2D eigenvalue weighted by Gasteiger charge is 2.27. The number of nitrogens with zero attached hydrogens (tertiary/aromatic N) is 4. The van der Waals surface area contributed by atoms with E-state index in [0.29, 0.717) is 42.8 Å². The molecule has 2 heterocycles. The molecule has 1 aromatic rings. The first-order valence-electron chi connectivity index (χ1n) is 7.10. The van der Waals surface area contributed by atoms with E-state index in [1.54, 1.807) is 11.8 Å². The van der Waals surface area contributed by atoms with Crippen molar-refractivity contribution in [1.29, 1.82) is 0 Å². The number of anilines is 1. The van der Waals surface area contributed by atoms with Crippen LogP contribution in [0.25, 0.3) is 0 Å². The number of piperazine rings is 1. The summed E-state index contributed by atoms with van der Waals surface area (Å²) in [4.78, 5) is 24.1. The monoisotopic (exact) mass is 346 g/mol. The molecule has 1 aliphatic rings. The molecule has 2 rings (SSSR count). The van der Waals surface area contributed by atoms with E-state index in [1.807, 2.05) is 25.7 Å². The molecule has 0 bridgehead atoms. The average Bonchev–Trinajstić information content (AvgIpc) is 2.41. The molecule has 0 unspecified atom stereocenters. The molecule has 0 saturated carbocycles. The molecular weight excluding hydrogens is 327 g/mol. The van der Waals surface area contributed by atoms with Gasteiger partial charge in [-0.05, 0) is 27.7 Å². The molecule has 0 aromatic carbocycles. The Morgan fingerprint density at radius 1 is 1.14 bits per heavy atom. The normalized spacial score (nSPS) is 15.9. The van der Waals surface area contributed by atoms with Crippen molar-refractivity contribution in [3.05, 3.63) is 16.0 Å². The summed E-state index contributed by atoms with van der Waals surface area (Å²) in [6.07, 6.45) is -0.296. The molecule has 1 fully saturated rings. The molecule has 1 amide bonds. The van der Waals surface area contributed by atoms with Crippen molar-refractivity contribution in [3.8, 4) is 0 Å². The highest BCUT2D eigenvalue weighted by Crippen LogP contribution is 2.30. The maximum absolute atomic E-state index is 12.0. The Hall–Kier alpha value is -1.27. The van der Waals surface area contributed by atoms with Gasteiger partial charge < -0.3 is 14.5 Å². The van der Waals surface area contributed by atoms with Crippen molar-refractivity contribution >= 4 is 35.1 Å². The van der Waals surface area contributed by atoms with Crippen LogP contribution in [0, 0.1) is 6.92 Å². The van der Waals surface area contributed by atoms with Gasteiger partial charge in [-0.2, -0.15) is 0 Å². The predicted octanol–water partition coefficient (Wildman–Crippen LogP) is 3.15. The van der Waals surface area contributed by atoms with E-state index in [2.05, 4.69) is 9.97 Å². The summed E-state index contributed by atoms with van der Waals surface area (Å²) in [5.74, 6) is 1.18. The number of carbonyl (C=O) groups excluding carboxylic acids is 1. The zero-order chi connectivity index (χ0) is 16.5. The van der Waals surface area contributed by atoms with Gasteiger partial charge in [0.1, 0.15) is 16.4 Å². The van der Waals surface area contributed by atoms with Crippen LogP contribution in [0.2, 0.25) is 10.2 Å². The largest absolute Gasteiger partial charge is 0.444 e. The molecular formula is C14H20Cl2N4O2. The van der Waals surface area contributed by atoms with Crippen molar-refractivity contribution in [2.24, 2.45) is 0 Å². The van der Waals surface area contributed by atoms with Crippen molar-refractivity contribution in [2.45, 2.75) is 33.3 Å². The van der Waals surface area contributed by atoms with Crippen LogP contribution in [0.1, 0.15) is 26.6 Å². The molecule has 22 heavy (non-hydrogen) atoms. The molecule has 1 aromatic heterocycles. The highest BCUT2D eigenvalue weighted by atomic mass is 35.5. The Morgan fingerprint density at radius 2 is 1.73 bits per heavy atom. The van der Waals surface area contributed by atoms with Crippen molar-refractivity contribution < 1.29 is 9.53 Å². The quantitative estimate of drug-likeness (QED) is 0.731. The molecule has 122 valence electrons. The van der Waals surface area contributed by atoms with Crippen LogP contribution in [-0.4, -0.2) is 52.7 Å². The smallest absolute Gasteiger partial charge is 0.410 e. The molecule has 0 N–H and O–H groups in total. The van der Waals surface area contributed by atoms with Crippen molar-refractivity contribution in [2.75, 3.05) is 31.1 Å². The fourth-order valence-corrected chi connectivity index (χ4v) is 2.56. The van der Waals surface area contributed by atoms with E-state index in [9.17, 15) is 4.79 Å². The second-order valence-electron chi connectivity index (χ2n) is 6.15. The molecule has 8 heteroatoms. The van der Waals surface area contributed by atoms with Gasteiger partial charge in [0.25, 0.3) is 0 Å². The Balaban J connectivity index is 2.02. The first-order chi connectivity index (χ1) is 10.2. The summed E-state index contributed by atoms with van der Waals surface area (Å²) in [6.45, 7) is 9.66. The van der Waals surface area contributed by atoms with Crippen LogP contribution in [0.5, 0.6) is 0 Å². The number of amides is 1. The maximum atomic E-state index is 12.0. The third-order valence-electron chi connectivity index (χ3n) is 3.14. The number of aryl methyl sites for hydroxylation is 1. The summed E-state index contributed by atoms with van der Waals surface area (Å²) in [6, 6.07) is 0. The van der Waals surface area contributed by atoms with Crippen LogP contribution < -0.4 is 4.90 Å². The predicted molar refractivity (Wildman–Crippen MR) is 86.8 cm³/mol. The van der Waals surface area contributed by atoms with Crippen LogP contribution in [-0.2, 0) is 4.74 Å². The summed E-state index contributed by atoms with van der Waals surface area (Å²) in [5, 5.41) is 0.594. The SMILES string of the molecule is Cc1nc(Cl)c(Cl)c(N2CCN(C(=O)OC(C)(C)C)CC2)n1. The molecule has 6 nitrogen and oxygen atoms in total. The first kappa shape index (κ1) is 17.1. The first-order valence-corrected chi connectivity index (χ1v) is 7.85. The zero-order valence-electron chi connectivity index (χ0n) is 13.2. The van der Waals surface area contributed by atoms with Gasteiger partial charge in [-0.1, -0.05) is 23.2 Å². The summed E-state index contributed by atoms with van der Waals surface area (Å²) < 4.78 is 5.38. The third kappa shape index (κ3) is 4.14. The zero-order valence-corrected chi connectivity index (χ0v) is 14.7. The van der Waals surface area contributed by atoms with Gasteiger partial charge in [0.05, 0.1) is 0 Å². The molecule has 0 aliphatic carbocycles. The van der Waals surface area contributed by atoms with Crippen LogP contribution in [0.4, 0.5) is 10.6 Å². The molecule has 0 atom stereocenters. The summed E-state index contributed by atoms with van der Waals surface area (Å²) in [7, 11) is 0. The van der Waals surface area contributed by atoms with E-state index in [0.717, 1.165) is 0 Å². The van der Waals surface area contributed by atoms with E-state index >= 15 is 0 Å². The number of carbonyl (C=O) groups is 1. The van der Waals surface area contributed by atoms with Gasteiger partial charge in [-0.15, -0.1) is 0 Å². The van der Waals surface area contributed by atoms with Crippen molar-refractivity contribution in [1.82, 2.24) is 14.9 Å². The number of ether oxygens (including phenoxy) is 1. The number of rotatable bonds is 1.